The van der Waals surface area contributed by atoms with Crippen molar-refractivity contribution >= 4 is 34.2 Å². The van der Waals surface area contributed by atoms with Gasteiger partial charge in [0.25, 0.3) is 0 Å². The lowest BCUT2D eigenvalue weighted by molar-refractivity contribution is 0.620. The van der Waals surface area contributed by atoms with Crippen molar-refractivity contribution in [1.82, 2.24) is 0 Å². The van der Waals surface area contributed by atoms with E-state index in [-0.39, 0.29) is 11.6 Å². The summed E-state index contributed by atoms with van der Waals surface area (Å²) in [5.41, 5.74) is 8.77. The maximum Gasteiger partial charge on any atom is 0.155 e. The van der Waals surface area contributed by atoms with Crippen LogP contribution in [0.5, 0.6) is 0 Å². The van der Waals surface area contributed by atoms with Crippen LogP contribution in [0.4, 0.5) is 4.39 Å². The fraction of sp³-hybridized carbons (Fsp3) is 0.143. The summed E-state index contributed by atoms with van der Waals surface area (Å²) in [5, 5.41) is 3.40. The standard InChI is InChI=1S/C7H4ClFIN3/c8-5-1-4(3-12-13-11)2-6(10)7(5)9/h1-2H,3H2. The minimum atomic E-state index is -0.438. The van der Waals surface area contributed by atoms with Crippen molar-refractivity contribution in [3.63, 3.8) is 0 Å². The van der Waals surface area contributed by atoms with E-state index in [2.05, 4.69) is 10.0 Å². The van der Waals surface area contributed by atoms with Crippen LogP contribution in [0, 0.1) is 9.39 Å². The summed E-state index contributed by atoms with van der Waals surface area (Å²) < 4.78 is 13.4. The van der Waals surface area contributed by atoms with Gasteiger partial charge in [0.15, 0.2) is 5.82 Å². The molecule has 0 saturated heterocycles. The van der Waals surface area contributed by atoms with Gasteiger partial charge in [0.05, 0.1) is 15.1 Å². The van der Waals surface area contributed by atoms with Crippen molar-refractivity contribution in [2.24, 2.45) is 5.11 Å². The number of hydrogen-bond acceptors (Lipinski definition) is 1. The Bertz CT molecular complexity index is 353. The van der Waals surface area contributed by atoms with Crippen LogP contribution in [0.2, 0.25) is 5.02 Å². The topological polar surface area (TPSA) is 48.8 Å². The molecule has 0 unspecified atom stereocenters. The molecule has 0 fully saturated rings. The first-order valence-electron chi connectivity index (χ1n) is 3.29. The Balaban J connectivity index is 3.05. The molecule has 1 aromatic rings. The van der Waals surface area contributed by atoms with Gasteiger partial charge in [-0.2, -0.15) is 0 Å². The number of benzene rings is 1. The Labute approximate surface area is 92.7 Å². The molecule has 0 aliphatic heterocycles. The molecule has 13 heavy (non-hydrogen) atoms. The van der Waals surface area contributed by atoms with E-state index in [0.29, 0.717) is 9.13 Å². The van der Waals surface area contributed by atoms with Gasteiger partial charge < -0.3 is 0 Å². The highest BCUT2D eigenvalue weighted by atomic mass is 127. The molecule has 68 valence electrons. The third-order valence-electron chi connectivity index (χ3n) is 1.36. The molecule has 1 aromatic carbocycles. The molecule has 6 heteroatoms. The Hall–Kier alpha value is -0.520. The summed E-state index contributed by atoms with van der Waals surface area (Å²) in [7, 11) is 0. The Morgan fingerprint density at radius 3 is 2.85 bits per heavy atom. The average molecular weight is 311 g/mol. The SMILES string of the molecule is [N-]=[N+]=NCc1cc(Cl)c(F)c(I)c1. The van der Waals surface area contributed by atoms with Crippen molar-refractivity contribution < 1.29 is 4.39 Å². The fourth-order valence-corrected chi connectivity index (χ4v) is 1.90. The lowest BCUT2D eigenvalue weighted by Crippen LogP contribution is -1.88. The van der Waals surface area contributed by atoms with Crippen LogP contribution in [0.25, 0.3) is 10.4 Å². The molecule has 0 heterocycles. The van der Waals surface area contributed by atoms with Crippen LogP contribution in [0.15, 0.2) is 17.2 Å². The summed E-state index contributed by atoms with van der Waals surface area (Å²) in [4.78, 5) is 2.60. The zero-order valence-electron chi connectivity index (χ0n) is 6.34. The zero-order chi connectivity index (χ0) is 9.84. The maximum atomic E-state index is 13.0. The largest absolute Gasteiger partial charge is 0.204 e. The number of halogens is 3. The molecule has 0 aliphatic carbocycles. The monoisotopic (exact) mass is 311 g/mol. The first-order valence-corrected chi connectivity index (χ1v) is 4.75. The van der Waals surface area contributed by atoms with E-state index in [4.69, 9.17) is 17.1 Å². The molecule has 0 bridgehead atoms. The molecule has 1 rings (SSSR count). The van der Waals surface area contributed by atoms with Gasteiger partial charge in [-0.05, 0) is 45.8 Å². The molecule has 0 aliphatic rings. The highest BCUT2D eigenvalue weighted by Crippen LogP contribution is 2.22. The average Bonchev–Trinajstić information content (AvgIpc) is 2.10. The Morgan fingerprint density at radius 1 is 1.62 bits per heavy atom. The van der Waals surface area contributed by atoms with E-state index in [1.54, 1.807) is 6.07 Å². The van der Waals surface area contributed by atoms with Gasteiger partial charge in [0.1, 0.15) is 0 Å². The van der Waals surface area contributed by atoms with E-state index >= 15 is 0 Å². The lowest BCUT2D eigenvalue weighted by Gasteiger charge is -2.00. The van der Waals surface area contributed by atoms with Crippen molar-refractivity contribution in [2.75, 3.05) is 0 Å². The van der Waals surface area contributed by atoms with Gasteiger partial charge in [-0.25, -0.2) is 4.39 Å². The Morgan fingerprint density at radius 2 is 2.31 bits per heavy atom. The molecule has 3 nitrogen and oxygen atoms in total. The fourth-order valence-electron chi connectivity index (χ4n) is 0.813. The number of azide groups is 1. The molecular weight excluding hydrogens is 307 g/mol. The second kappa shape index (κ2) is 4.64. The highest BCUT2D eigenvalue weighted by molar-refractivity contribution is 14.1. The van der Waals surface area contributed by atoms with Crippen LogP contribution >= 0.6 is 34.2 Å². The van der Waals surface area contributed by atoms with E-state index in [0.717, 1.165) is 0 Å². The van der Waals surface area contributed by atoms with Crippen LogP contribution in [0.3, 0.4) is 0 Å². The van der Waals surface area contributed by atoms with E-state index in [9.17, 15) is 4.39 Å². The van der Waals surface area contributed by atoms with Crippen molar-refractivity contribution in [3.05, 3.63) is 42.5 Å². The summed E-state index contributed by atoms with van der Waals surface area (Å²) in [6.07, 6.45) is 0. The summed E-state index contributed by atoms with van der Waals surface area (Å²) in [6, 6.07) is 3.05. The smallest absolute Gasteiger partial charge is 0.155 e. The first-order chi connectivity index (χ1) is 6.15. The van der Waals surface area contributed by atoms with Crippen molar-refractivity contribution in [2.45, 2.75) is 6.54 Å². The third-order valence-corrected chi connectivity index (χ3v) is 2.42. The summed E-state index contributed by atoms with van der Waals surface area (Å²) in [5.74, 6) is -0.438. The Kier molecular flexibility index (Phi) is 3.77. The second-order valence-electron chi connectivity index (χ2n) is 2.26. The van der Waals surface area contributed by atoms with Crippen LogP contribution in [-0.4, -0.2) is 0 Å². The molecule has 0 amide bonds. The van der Waals surface area contributed by atoms with Crippen LogP contribution in [0.1, 0.15) is 5.56 Å². The van der Waals surface area contributed by atoms with Gasteiger partial charge in [0.2, 0.25) is 0 Å². The summed E-state index contributed by atoms with van der Waals surface area (Å²) >= 11 is 7.42. The first kappa shape index (κ1) is 10.6. The van der Waals surface area contributed by atoms with Gasteiger partial charge in [-0.15, -0.1) is 0 Å². The van der Waals surface area contributed by atoms with Crippen LogP contribution in [-0.2, 0) is 6.54 Å². The van der Waals surface area contributed by atoms with Gasteiger partial charge in [-0.1, -0.05) is 16.7 Å². The van der Waals surface area contributed by atoms with Crippen LogP contribution < -0.4 is 0 Å². The predicted octanol–water partition coefficient (Wildman–Crippen LogP) is 3.89. The molecule has 0 spiro atoms. The number of hydrogen-bond donors (Lipinski definition) is 0. The van der Waals surface area contributed by atoms with Gasteiger partial charge in [-0.3, -0.25) is 0 Å². The molecule has 0 N–H and O–H groups in total. The lowest BCUT2D eigenvalue weighted by atomic mass is 10.2. The summed E-state index contributed by atoms with van der Waals surface area (Å²) in [6.45, 7) is 0.187. The zero-order valence-corrected chi connectivity index (χ0v) is 9.25. The molecule has 0 atom stereocenters. The normalized spacial score (nSPS) is 9.46. The molecular formula is C7H4ClFIN3. The number of rotatable bonds is 2. The molecule has 0 saturated carbocycles. The molecule has 0 radical (unpaired) electrons. The van der Waals surface area contributed by atoms with E-state index in [1.807, 2.05) is 22.6 Å². The van der Waals surface area contributed by atoms with E-state index < -0.39 is 5.82 Å². The van der Waals surface area contributed by atoms with E-state index in [1.165, 1.54) is 6.07 Å². The second-order valence-corrected chi connectivity index (χ2v) is 3.83. The third kappa shape index (κ3) is 2.72. The predicted molar refractivity (Wildman–Crippen MR) is 57.0 cm³/mol. The minimum Gasteiger partial charge on any atom is -0.204 e. The van der Waals surface area contributed by atoms with Gasteiger partial charge in [0, 0.05) is 4.91 Å². The number of nitrogens with zero attached hydrogens (tertiary/aromatic N) is 3. The molecule has 0 aromatic heterocycles. The van der Waals surface area contributed by atoms with Crippen molar-refractivity contribution in [3.8, 4) is 0 Å². The van der Waals surface area contributed by atoms with Gasteiger partial charge >= 0.3 is 0 Å². The minimum absolute atomic E-state index is 0.0510. The maximum absolute atomic E-state index is 13.0. The highest BCUT2D eigenvalue weighted by Gasteiger charge is 2.05. The quantitative estimate of drug-likeness (QED) is 0.261. The van der Waals surface area contributed by atoms with Crippen molar-refractivity contribution in [1.29, 1.82) is 0 Å².